The number of rotatable bonds is 3. The van der Waals surface area contributed by atoms with Crippen molar-refractivity contribution in [3.8, 4) is 22.4 Å². The average Bonchev–Trinajstić information content (AvgIpc) is 2.89. The van der Waals surface area contributed by atoms with E-state index in [9.17, 15) is 12.8 Å². The third-order valence-corrected chi connectivity index (χ3v) is 4.82. The summed E-state index contributed by atoms with van der Waals surface area (Å²) in [5.41, 5.74) is 3.76. The number of nitrogens with one attached hydrogen (secondary N) is 1. The highest BCUT2D eigenvalue weighted by Gasteiger charge is 2.14. The van der Waals surface area contributed by atoms with E-state index < -0.39 is 9.84 Å². The maximum atomic E-state index is 14.1. The Morgan fingerprint density at radius 2 is 1.61 bits per heavy atom. The van der Waals surface area contributed by atoms with Gasteiger partial charge in [0.1, 0.15) is 5.82 Å². The lowest BCUT2D eigenvalue weighted by Gasteiger charge is -2.07. The van der Waals surface area contributed by atoms with Crippen molar-refractivity contribution in [2.75, 3.05) is 6.26 Å². The molecule has 0 aliphatic carbocycles. The van der Waals surface area contributed by atoms with E-state index in [4.69, 9.17) is 0 Å². The third kappa shape index (κ3) is 3.05. The lowest BCUT2D eigenvalue weighted by atomic mass is 10.0. The molecule has 1 N–H and O–H groups in total. The maximum absolute atomic E-state index is 14.1. The van der Waals surface area contributed by atoms with Gasteiger partial charge in [-0.3, -0.25) is 0 Å². The van der Waals surface area contributed by atoms with Crippen LogP contribution in [0.2, 0.25) is 0 Å². The fraction of sp³-hybridized carbons (Fsp3) is 0.111. The number of halogens is 1. The van der Waals surface area contributed by atoms with Gasteiger partial charge in [0.2, 0.25) is 0 Å². The first-order chi connectivity index (χ1) is 10.9. The van der Waals surface area contributed by atoms with Crippen molar-refractivity contribution in [1.82, 2.24) is 4.98 Å². The van der Waals surface area contributed by atoms with Crippen LogP contribution in [0.1, 0.15) is 5.69 Å². The van der Waals surface area contributed by atoms with Crippen molar-refractivity contribution in [3.05, 3.63) is 66.1 Å². The van der Waals surface area contributed by atoms with Crippen LogP contribution in [0.25, 0.3) is 22.4 Å². The van der Waals surface area contributed by atoms with Gasteiger partial charge < -0.3 is 4.98 Å². The second kappa shape index (κ2) is 5.66. The van der Waals surface area contributed by atoms with Crippen molar-refractivity contribution in [3.63, 3.8) is 0 Å². The molecule has 118 valence electrons. The van der Waals surface area contributed by atoms with Gasteiger partial charge in [0.15, 0.2) is 9.84 Å². The molecule has 0 bridgehead atoms. The first-order valence-electron chi connectivity index (χ1n) is 7.11. The molecule has 3 aromatic rings. The Labute approximate surface area is 134 Å². The van der Waals surface area contributed by atoms with Crippen molar-refractivity contribution < 1.29 is 12.8 Å². The van der Waals surface area contributed by atoms with Gasteiger partial charge >= 0.3 is 0 Å². The molecule has 0 unspecified atom stereocenters. The van der Waals surface area contributed by atoms with Crippen LogP contribution < -0.4 is 0 Å². The van der Waals surface area contributed by atoms with Gasteiger partial charge in [-0.05, 0) is 36.8 Å². The topological polar surface area (TPSA) is 49.9 Å². The van der Waals surface area contributed by atoms with Gasteiger partial charge in [0.05, 0.1) is 10.6 Å². The Bertz CT molecular complexity index is 957. The van der Waals surface area contributed by atoms with Crippen LogP contribution in [0.4, 0.5) is 4.39 Å². The summed E-state index contributed by atoms with van der Waals surface area (Å²) in [6, 6.07) is 15.1. The number of sulfone groups is 1. The van der Waals surface area contributed by atoms with Crippen LogP contribution >= 0.6 is 0 Å². The summed E-state index contributed by atoms with van der Waals surface area (Å²) < 4.78 is 37.2. The number of aromatic nitrogens is 1. The minimum atomic E-state index is -3.24. The Morgan fingerprint density at radius 1 is 0.957 bits per heavy atom. The van der Waals surface area contributed by atoms with E-state index in [0.717, 1.165) is 22.5 Å². The fourth-order valence-corrected chi connectivity index (χ4v) is 3.21. The van der Waals surface area contributed by atoms with Gasteiger partial charge in [-0.1, -0.05) is 30.3 Å². The molecule has 1 aromatic heterocycles. The quantitative estimate of drug-likeness (QED) is 0.783. The molecule has 0 radical (unpaired) electrons. The number of hydrogen-bond acceptors (Lipinski definition) is 2. The summed E-state index contributed by atoms with van der Waals surface area (Å²) in [6.45, 7) is 1.90. The van der Waals surface area contributed by atoms with Crippen molar-refractivity contribution in [1.29, 1.82) is 0 Å². The highest BCUT2D eigenvalue weighted by molar-refractivity contribution is 7.90. The Balaban J connectivity index is 2.13. The van der Waals surface area contributed by atoms with Crippen LogP contribution in [-0.2, 0) is 9.84 Å². The SMILES string of the molecule is Cc1cc(-c2ccccc2F)c(-c2ccc(S(C)(=O)=O)cc2)[nH]1. The van der Waals surface area contributed by atoms with E-state index in [1.165, 1.54) is 12.3 Å². The summed E-state index contributed by atoms with van der Waals surface area (Å²) in [4.78, 5) is 3.49. The minimum absolute atomic E-state index is 0.261. The number of benzene rings is 2. The number of aromatic amines is 1. The number of hydrogen-bond donors (Lipinski definition) is 1. The molecule has 0 atom stereocenters. The van der Waals surface area contributed by atoms with Gasteiger partial charge in [-0.15, -0.1) is 0 Å². The molecular formula is C18H16FNO2S. The van der Waals surface area contributed by atoms with Crippen LogP contribution in [0.5, 0.6) is 0 Å². The van der Waals surface area contributed by atoms with E-state index in [-0.39, 0.29) is 10.7 Å². The lowest BCUT2D eigenvalue weighted by Crippen LogP contribution is -1.96. The third-order valence-electron chi connectivity index (χ3n) is 3.69. The monoisotopic (exact) mass is 329 g/mol. The summed E-state index contributed by atoms with van der Waals surface area (Å²) in [5, 5.41) is 0. The minimum Gasteiger partial charge on any atom is -0.358 e. The van der Waals surface area contributed by atoms with Crippen LogP contribution in [0.15, 0.2) is 59.5 Å². The van der Waals surface area contributed by atoms with E-state index >= 15 is 0 Å². The molecule has 0 saturated carbocycles. The Morgan fingerprint density at radius 3 is 2.22 bits per heavy atom. The van der Waals surface area contributed by atoms with E-state index in [0.29, 0.717) is 5.56 Å². The molecule has 23 heavy (non-hydrogen) atoms. The van der Waals surface area contributed by atoms with Crippen LogP contribution in [-0.4, -0.2) is 19.7 Å². The molecule has 1 heterocycles. The van der Waals surface area contributed by atoms with Crippen LogP contribution in [0.3, 0.4) is 0 Å². The molecule has 0 aliphatic heterocycles. The Kier molecular flexibility index (Phi) is 3.82. The largest absolute Gasteiger partial charge is 0.358 e. The number of aryl methyl sites for hydroxylation is 1. The standard InChI is InChI=1S/C18H16FNO2S/c1-12-11-16(15-5-3-4-6-17(15)19)18(20-12)13-7-9-14(10-8-13)23(2,21)22/h3-11,20H,1-2H3. The molecule has 0 fully saturated rings. The zero-order valence-electron chi connectivity index (χ0n) is 12.8. The molecule has 0 saturated heterocycles. The van der Waals surface area contributed by atoms with Crippen molar-refractivity contribution in [2.24, 2.45) is 0 Å². The summed E-state index contributed by atoms with van der Waals surface area (Å²) >= 11 is 0. The first-order valence-corrected chi connectivity index (χ1v) is 9.00. The summed E-state index contributed by atoms with van der Waals surface area (Å²) in [7, 11) is -3.24. The summed E-state index contributed by atoms with van der Waals surface area (Å²) in [6.07, 6.45) is 1.17. The van der Waals surface area contributed by atoms with Crippen molar-refractivity contribution >= 4 is 9.84 Å². The second-order valence-electron chi connectivity index (χ2n) is 5.52. The zero-order valence-corrected chi connectivity index (χ0v) is 13.6. The summed E-state index contributed by atoms with van der Waals surface area (Å²) in [5.74, 6) is -0.291. The van der Waals surface area contributed by atoms with E-state index in [2.05, 4.69) is 4.98 Å². The van der Waals surface area contributed by atoms with Gasteiger partial charge in [0, 0.05) is 23.1 Å². The normalized spacial score (nSPS) is 11.6. The highest BCUT2D eigenvalue weighted by atomic mass is 32.2. The molecule has 3 nitrogen and oxygen atoms in total. The lowest BCUT2D eigenvalue weighted by molar-refractivity contribution is 0.602. The van der Waals surface area contributed by atoms with E-state index in [1.807, 2.05) is 13.0 Å². The predicted octanol–water partition coefficient (Wildman–Crippen LogP) is 4.20. The van der Waals surface area contributed by atoms with E-state index in [1.54, 1.807) is 42.5 Å². The molecule has 0 spiro atoms. The zero-order chi connectivity index (χ0) is 16.6. The number of H-pyrrole nitrogens is 1. The van der Waals surface area contributed by atoms with Crippen LogP contribution in [0, 0.1) is 12.7 Å². The fourth-order valence-electron chi connectivity index (χ4n) is 2.58. The van der Waals surface area contributed by atoms with Gasteiger partial charge in [-0.2, -0.15) is 0 Å². The molecule has 0 amide bonds. The second-order valence-corrected chi connectivity index (χ2v) is 7.53. The van der Waals surface area contributed by atoms with Crippen molar-refractivity contribution in [2.45, 2.75) is 11.8 Å². The van der Waals surface area contributed by atoms with Gasteiger partial charge in [-0.25, -0.2) is 12.8 Å². The molecular weight excluding hydrogens is 313 g/mol. The molecule has 2 aromatic carbocycles. The average molecular weight is 329 g/mol. The first kappa shape index (κ1) is 15.5. The molecule has 5 heteroatoms. The maximum Gasteiger partial charge on any atom is 0.175 e. The molecule has 3 rings (SSSR count). The highest BCUT2D eigenvalue weighted by Crippen LogP contribution is 2.34. The molecule has 0 aliphatic rings. The Hall–Kier alpha value is -2.40. The smallest absolute Gasteiger partial charge is 0.175 e. The van der Waals surface area contributed by atoms with Gasteiger partial charge in [0.25, 0.3) is 0 Å². The predicted molar refractivity (Wildman–Crippen MR) is 89.5 cm³/mol.